The number of ether oxygens (including phenoxy) is 1. The second-order valence-corrected chi connectivity index (χ2v) is 8.39. The van der Waals surface area contributed by atoms with Gasteiger partial charge in [-0.2, -0.15) is 0 Å². The van der Waals surface area contributed by atoms with Crippen LogP contribution in [0.5, 0.6) is 5.75 Å². The van der Waals surface area contributed by atoms with E-state index in [9.17, 15) is 4.79 Å². The standard InChI is InChI=1S/C19H20N4O2S2/c1-25-13-8-4-3-7-12(13)21-19(20)26-10-15-22-17(24)16-11-6-2-5-9-14(11)27-18(16)23-15/h3-4,7-8H,2,5-6,9-10H2,1H3,(H2,20,21)(H,22,23,24). The molecule has 1 aromatic carbocycles. The van der Waals surface area contributed by atoms with Gasteiger partial charge in [0.15, 0.2) is 5.17 Å². The molecule has 0 spiro atoms. The number of amidine groups is 1. The zero-order valence-corrected chi connectivity index (χ0v) is 16.6. The predicted octanol–water partition coefficient (Wildman–Crippen LogP) is 3.75. The van der Waals surface area contributed by atoms with Gasteiger partial charge in [0.05, 0.1) is 18.2 Å². The Labute approximate surface area is 164 Å². The maximum Gasteiger partial charge on any atom is 0.259 e. The van der Waals surface area contributed by atoms with Crippen LogP contribution < -0.4 is 16.0 Å². The molecule has 0 amide bonds. The number of fused-ring (bicyclic) bond motifs is 3. The Bertz CT molecular complexity index is 1070. The Morgan fingerprint density at radius 3 is 3.04 bits per heavy atom. The van der Waals surface area contributed by atoms with Crippen LogP contribution in [0.1, 0.15) is 29.1 Å². The van der Waals surface area contributed by atoms with Crippen molar-refractivity contribution in [2.45, 2.75) is 31.4 Å². The molecule has 0 fully saturated rings. The fraction of sp³-hybridized carbons (Fsp3) is 0.316. The van der Waals surface area contributed by atoms with Crippen molar-refractivity contribution < 1.29 is 4.74 Å². The van der Waals surface area contributed by atoms with Crippen LogP contribution in [0.3, 0.4) is 0 Å². The number of nitrogens with zero attached hydrogens (tertiary/aromatic N) is 2. The molecule has 8 heteroatoms. The molecule has 1 aliphatic rings. The number of aromatic nitrogens is 2. The lowest BCUT2D eigenvalue weighted by molar-refractivity contribution is 0.416. The van der Waals surface area contributed by atoms with E-state index in [2.05, 4.69) is 15.0 Å². The highest BCUT2D eigenvalue weighted by molar-refractivity contribution is 8.13. The first-order valence-electron chi connectivity index (χ1n) is 8.79. The van der Waals surface area contributed by atoms with Crippen LogP contribution in [0.2, 0.25) is 0 Å². The van der Waals surface area contributed by atoms with Crippen molar-refractivity contribution in [3.63, 3.8) is 0 Å². The first kappa shape index (κ1) is 18.1. The highest BCUT2D eigenvalue weighted by atomic mass is 32.2. The average molecular weight is 401 g/mol. The molecule has 0 aliphatic heterocycles. The number of hydrogen-bond acceptors (Lipinski definition) is 6. The van der Waals surface area contributed by atoms with E-state index in [1.165, 1.54) is 28.6 Å². The van der Waals surface area contributed by atoms with E-state index in [4.69, 9.17) is 10.5 Å². The summed E-state index contributed by atoms with van der Waals surface area (Å²) < 4.78 is 5.28. The summed E-state index contributed by atoms with van der Waals surface area (Å²) in [4.78, 5) is 26.7. The lowest BCUT2D eigenvalue weighted by atomic mass is 9.97. The number of methoxy groups -OCH3 is 1. The van der Waals surface area contributed by atoms with Crippen molar-refractivity contribution in [3.8, 4) is 5.75 Å². The summed E-state index contributed by atoms with van der Waals surface area (Å²) in [5.41, 5.74) is 7.88. The van der Waals surface area contributed by atoms with Crippen LogP contribution in [0.15, 0.2) is 34.1 Å². The van der Waals surface area contributed by atoms with Crippen LogP contribution in [-0.4, -0.2) is 22.2 Å². The third-order valence-corrected chi connectivity index (χ3v) is 6.54. The second kappa shape index (κ2) is 7.74. The zero-order valence-electron chi connectivity index (χ0n) is 14.9. The first-order chi connectivity index (χ1) is 13.2. The van der Waals surface area contributed by atoms with Gasteiger partial charge in [-0.05, 0) is 43.4 Å². The van der Waals surface area contributed by atoms with Crippen LogP contribution in [0.25, 0.3) is 10.2 Å². The Morgan fingerprint density at radius 2 is 2.19 bits per heavy atom. The second-order valence-electron chi connectivity index (χ2n) is 6.31. The van der Waals surface area contributed by atoms with Crippen molar-refractivity contribution >= 4 is 44.2 Å². The van der Waals surface area contributed by atoms with Crippen LogP contribution in [0, 0.1) is 0 Å². The van der Waals surface area contributed by atoms with Gasteiger partial charge < -0.3 is 15.5 Å². The van der Waals surface area contributed by atoms with Gasteiger partial charge >= 0.3 is 0 Å². The van der Waals surface area contributed by atoms with Gasteiger partial charge in [0.1, 0.15) is 22.1 Å². The summed E-state index contributed by atoms with van der Waals surface area (Å²) in [6.45, 7) is 0. The van der Waals surface area contributed by atoms with Gasteiger partial charge in [-0.3, -0.25) is 4.79 Å². The topological polar surface area (TPSA) is 93.4 Å². The molecule has 4 rings (SSSR count). The summed E-state index contributed by atoms with van der Waals surface area (Å²) >= 11 is 2.99. The quantitative estimate of drug-likeness (QED) is 0.514. The van der Waals surface area contributed by atoms with Crippen molar-refractivity contribution in [2.75, 3.05) is 7.11 Å². The minimum Gasteiger partial charge on any atom is -0.494 e. The van der Waals surface area contributed by atoms with E-state index in [1.807, 2.05) is 24.3 Å². The SMILES string of the molecule is COc1ccccc1N=C(N)SCc1nc2sc3c(c2c(=O)[nH]1)CCCC3. The normalized spacial score (nSPS) is 14.3. The van der Waals surface area contributed by atoms with E-state index < -0.39 is 0 Å². The molecule has 140 valence electrons. The smallest absolute Gasteiger partial charge is 0.259 e. The summed E-state index contributed by atoms with van der Waals surface area (Å²) in [7, 11) is 1.60. The van der Waals surface area contributed by atoms with Crippen molar-refractivity contribution in [2.24, 2.45) is 10.7 Å². The molecule has 2 heterocycles. The number of rotatable bonds is 4. The fourth-order valence-electron chi connectivity index (χ4n) is 3.29. The van der Waals surface area contributed by atoms with E-state index in [0.717, 1.165) is 29.5 Å². The molecule has 3 N–H and O–H groups in total. The molecule has 1 aliphatic carbocycles. The lowest BCUT2D eigenvalue weighted by Gasteiger charge is -2.09. The van der Waals surface area contributed by atoms with Gasteiger partial charge in [-0.1, -0.05) is 23.9 Å². The lowest BCUT2D eigenvalue weighted by Crippen LogP contribution is -2.14. The Hall–Kier alpha value is -2.32. The molecule has 0 unspecified atom stereocenters. The zero-order chi connectivity index (χ0) is 18.8. The molecular formula is C19H20N4O2S2. The highest BCUT2D eigenvalue weighted by Crippen LogP contribution is 2.33. The van der Waals surface area contributed by atoms with Gasteiger partial charge in [0.2, 0.25) is 0 Å². The predicted molar refractivity (Wildman–Crippen MR) is 112 cm³/mol. The first-order valence-corrected chi connectivity index (χ1v) is 10.6. The minimum atomic E-state index is -0.0461. The number of H-pyrrole nitrogens is 1. The van der Waals surface area contributed by atoms with E-state index in [1.54, 1.807) is 18.4 Å². The average Bonchev–Trinajstić information content (AvgIpc) is 3.05. The number of nitrogens with one attached hydrogen (secondary N) is 1. The number of aromatic amines is 1. The highest BCUT2D eigenvalue weighted by Gasteiger charge is 2.19. The van der Waals surface area contributed by atoms with Crippen molar-refractivity contribution in [1.29, 1.82) is 0 Å². The van der Waals surface area contributed by atoms with Crippen LogP contribution in [0.4, 0.5) is 5.69 Å². The molecule has 27 heavy (non-hydrogen) atoms. The number of thiophene rings is 1. The van der Waals surface area contributed by atoms with Crippen molar-refractivity contribution in [3.05, 3.63) is 50.9 Å². The number of thioether (sulfide) groups is 1. The van der Waals surface area contributed by atoms with Crippen LogP contribution >= 0.6 is 23.1 Å². The molecule has 0 radical (unpaired) electrons. The summed E-state index contributed by atoms with van der Waals surface area (Å²) in [5, 5.41) is 1.17. The Kier molecular flexibility index (Phi) is 5.18. The monoisotopic (exact) mass is 400 g/mol. The van der Waals surface area contributed by atoms with Crippen molar-refractivity contribution in [1.82, 2.24) is 9.97 Å². The maximum atomic E-state index is 12.6. The van der Waals surface area contributed by atoms with Gasteiger partial charge in [0, 0.05) is 4.88 Å². The molecule has 0 saturated heterocycles. The Balaban J connectivity index is 1.55. The Morgan fingerprint density at radius 1 is 1.37 bits per heavy atom. The maximum absolute atomic E-state index is 12.6. The molecule has 3 aromatic rings. The molecule has 0 bridgehead atoms. The third-order valence-electron chi connectivity index (χ3n) is 4.55. The molecule has 0 atom stereocenters. The third kappa shape index (κ3) is 3.72. The number of aliphatic imine (C=N–C) groups is 1. The largest absolute Gasteiger partial charge is 0.494 e. The summed E-state index contributed by atoms with van der Waals surface area (Å²) in [6, 6.07) is 7.44. The number of nitrogens with two attached hydrogens (primary N) is 1. The van der Waals surface area contributed by atoms with E-state index in [-0.39, 0.29) is 5.56 Å². The van der Waals surface area contributed by atoms with Crippen LogP contribution in [-0.2, 0) is 18.6 Å². The minimum absolute atomic E-state index is 0.0461. The molecular weight excluding hydrogens is 380 g/mol. The fourth-order valence-corrected chi connectivity index (χ4v) is 5.16. The number of aryl methyl sites for hydroxylation is 2. The van der Waals surface area contributed by atoms with Gasteiger partial charge in [-0.15, -0.1) is 11.3 Å². The number of para-hydroxylation sites is 2. The summed E-state index contributed by atoms with van der Waals surface area (Å²) in [5.74, 6) is 1.74. The van der Waals surface area contributed by atoms with Gasteiger partial charge in [-0.25, -0.2) is 9.98 Å². The number of benzene rings is 1. The summed E-state index contributed by atoms with van der Waals surface area (Å²) in [6.07, 6.45) is 4.37. The van der Waals surface area contributed by atoms with Gasteiger partial charge in [0.25, 0.3) is 5.56 Å². The molecule has 0 saturated carbocycles. The number of hydrogen-bond donors (Lipinski definition) is 2. The molecule has 6 nitrogen and oxygen atoms in total. The molecule has 2 aromatic heterocycles. The van der Waals surface area contributed by atoms with E-state index in [0.29, 0.717) is 28.2 Å². The van der Waals surface area contributed by atoms with E-state index >= 15 is 0 Å².